The number of aromatic nitrogens is 3. The summed E-state index contributed by atoms with van der Waals surface area (Å²) >= 11 is 0. The van der Waals surface area contributed by atoms with Crippen molar-refractivity contribution in [3.05, 3.63) is 54.4 Å². The third kappa shape index (κ3) is 2.62. The van der Waals surface area contributed by atoms with Gasteiger partial charge in [0.15, 0.2) is 0 Å². The predicted octanol–water partition coefficient (Wildman–Crippen LogP) is 2.04. The molecule has 0 aliphatic carbocycles. The Morgan fingerprint density at radius 3 is 2.85 bits per heavy atom. The number of aliphatic hydroxyl groups excluding tert-OH is 1. The van der Waals surface area contributed by atoms with Crippen molar-refractivity contribution in [2.45, 2.75) is 13.1 Å². The molecule has 3 rings (SSSR count). The molecule has 5 nitrogen and oxygen atoms in total. The lowest BCUT2D eigenvalue weighted by Crippen LogP contribution is -2.02. The average Bonchev–Trinajstić information content (AvgIpc) is 2.93. The molecule has 3 aromatic rings. The average molecular weight is 268 g/mol. The summed E-state index contributed by atoms with van der Waals surface area (Å²) in [7, 11) is 0. The monoisotopic (exact) mass is 268 g/mol. The molecule has 1 heterocycles. The van der Waals surface area contributed by atoms with E-state index in [-0.39, 0.29) is 6.61 Å². The van der Waals surface area contributed by atoms with E-state index < -0.39 is 0 Å². The molecule has 20 heavy (non-hydrogen) atoms. The van der Waals surface area contributed by atoms with Crippen LogP contribution < -0.4 is 5.32 Å². The van der Waals surface area contributed by atoms with Gasteiger partial charge in [0.25, 0.3) is 0 Å². The standard InChI is InChI=1S/C15H16N4O/c20-9-8-19-11-13(17-18-19)10-16-15-7-3-5-12-4-1-2-6-14(12)15/h1-7,11,16,20H,8-10H2. The first-order valence-electron chi connectivity index (χ1n) is 6.58. The van der Waals surface area contributed by atoms with Crippen LogP contribution in [0.3, 0.4) is 0 Å². The van der Waals surface area contributed by atoms with E-state index in [1.807, 2.05) is 24.4 Å². The van der Waals surface area contributed by atoms with E-state index in [0.29, 0.717) is 13.1 Å². The summed E-state index contributed by atoms with van der Waals surface area (Å²) in [6, 6.07) is 14.4. The number of rotatable bonds is 5. The van der Waals surface area contributed by atoms with Gasteiger partial charge in [-0.25, -0.2) is 4.68 Å². The number of fused-ring (bicyclic) bond motifs is 1. The second kappa shape index (κ2) is 5.71. The topological polar surface area (TPSA) is 63.0 Å². The fraction of sp³-hybridized carbons (Fsp3) is 0.200. The van der Waals surface area contributed by atoms with E-state index in [0.717, 1.165) is 11.4 Å². The zero-order valence-electron chi connectivity index (χ0n) is 11.0. The maximum atomic E-state index is 8.85. The zero-order chi connectivity index (χ0) is 13.8. The van der Waals surface area contributed by atoms with Crippen LogP contribution in [0.5, 0.6) is 0 Å². The molecule has 0 amide bonds. The van der Waals surface area contributed by atoms with Gasteiger partial charge in [-0.15, -0.1) is 5.10 Å². The van der Waals surface area contributed by atoms with E-state index in [1.165, 1.54) is 10.8 Å². The van der Waals surface area contributed by atoms with Crippen LogP contribution in [0.15, 0.2) is 48.7 Å². The molecule has 102 valence electrons. The molecule has 0 unspecified atom stereocenters. The van der Waals surface area contributed by atoms with Crippen molar-refractivity contribution in [1.29, 1.82) is 0 Å². The van der Waals surface area contributed by atoms with Crippen LogP contribution in [-0.2, 0) is 13.1 Å². The van der Waals surface area contributed by atoms with Crippen molar-refractivity contribution in [3.8, 4) is 0 Å². The minimum atomic E-state index is 0.0690. The van der Waals surface area contributed by atoms with Gasteiger partial charge in [-0.2, -0.15) is 0 Å². The summed E-state index contributed by atoms with van der Waals surface area (Å²) in [6.45, 7) is 1.15. The summed E-state index contributed by atoms with van der Waals surface area (Å²) < 4.78 is 1.64. The van der Waals surface area contributed by atoms with Gasteiger partial charge in [0, 0.05) is 11.1 Å². The van der Waals surface area contributed by atoms with Crippen molar-refractivity contribution in [2.24, 2.45) is 0 Å². The highest BCUT2D eigenvalue weighted by molar-refractivity contribution is 5.93. The summed E-state index contributed by atoms with van der Waals surface area (Å²) in [6.07, 6.45) is 1.84. The highest BCUT2D eigenvalue weighted by Gasteiger charge is 2.03. The highest BCUT2D eigenvalue weighted by Crippen LogP contribution is 2.23. The lowest BCUT2D eigenvalue weighted by atomic mass is 10.1. The number of hydrogen-bond donors (Lipinski definition) is 2. The Hall–Kier alpha value is -2.40. The Morgan fingerprint density at radius 1 is 1.10 bits per heavy atom. The van der Waals surface area contributed by atoms with E-state index in [1.54, 1.807) is 4.68 Å². The van der Waals surface area contributed by atoms with Crippen LogP contribution in [-0.4, -0.2) is 26.7 Å². The Labute approximate surface area is 116 Å². The van der Waals surface area contributed by atoms with E-state index >= 15 is 0 Å². The number of aliphatic hydroxyl groups is 1. The summed E-state index contributed by atoms with van der Waals surface area (Å²) in [5.74, 6) is 0. The predicted molar refractivity (Wildman–Crippen MR) is 78.4 cm³/mol. The molecule has 2 aromatic carbocycles. The minimum absolute atomic E-state index is 0.0690. The Bertz CT molecular complexity index is 702. The van der Waals surface area contributed by atoms with Crippen molar-refractivity contribution in [1.82, 2.24) is 15.0 Å². The molecule has 0 aliphatic heterocycles. The maximum absolute atomic E-state index is 8.85. The van der Waals surface area contributed by atoms with Gasteiger partial charge in [0.05, 0.1) is 25.9 Å². The molecule has 5 heteroatoms. The number of nitrogens with zero attached hydrogens (tertiary/aromatic N) is 3. The Kier molecular flexibility index (Phi) is 3.60. The zero-order valence-corrected chi connectivity index (χ0v) is 11.0. The quantitative estimate of drug-likeness (QED) is 0.743. The molecule has 2 N–H and O–H groups in total. The Morgan fingerprint density at radius 2 is 1.95 bits per heavy atom. The van der Waals surface area contributed by atoms with Crippen LogP contribution >= 0.6 is 0 Å². The number of anilines is 1. The number of hydrogen-bond acceptors (Lipinski definition) is 4. The molecule has 0 fully saturated rings. The first-order chi connectivity index (χ1) is 9.86. The van der Waals surface area contributed by atoms with Gasteiger partial charge in [-0.1, -0.05) is 41.6 Å². The molecule has 0 spiro atoms. The third-order valence-corrected chi connectivity index (χ3v) is 3.16. The molecule has 0 saturated heterocycles. The molecule has 0 saturated carbocycles. The van der Waals surface area contributed by atoms with Gasteiger partial charge in [0.1, 0.15) is 5.69 Å². The fourth-order valence-electron chi connectivity index (χ4n) is 2.20. The lowest BCUT2D eigenvalue weighted by Gasteiger charge is -2.08. The molecule has 0 radical (unpaired) electrons. The van der Waals surface area contributed by atoms with E-state index in [9.17, 15) is 0 Å². The second-order valence-corrected chi connectivity index (χ2v) is 4.58. The van der Waals surface area contributed by atoms with E-state index in [2.05, 4.69) is 39.9 Å². The maximum Gasteiger partial charge on any atom is 0.102 e. The fourth-order valence-corrected chi connectivity index (χ4v) is 2.20. The molecule has 1 aromatic heterocycles. The van der Waals surface area contributed by atoms with Gasteiger partial charge >= 0.3 is 0 Å². The smallest absolute Gasteiger partial charge is 0.102 e. The SMILES string of the molecule is OCCn1cc(CNc2cccc3ccccc23)nn1. The van der Waals surface area contributed by atoms with Gasteiger partial charge < -0.3 is 10.4 Å². The molecule has 0 aliphatic rings. The van der Waals surface area contributed by atoms with E-state index in [4.69, 9.17) is 5.11 Å². The first kappa shape index (κ1) is 12.6. The van der Waals surface area contributed by atoms with Crippen LogP contribution in [0.25, 0.3) is 10.8 Å². The summed E-state index contributed by atoms with van der Waals surface area (Å²) in [5.41, 5.74) is 1.94. The first-order valence-corrected chi connectivity index (χ1v) is 6.58. The van der Waals surface area contributed by atoms with Crippen LogP contribution in [0.1, 0.15) is 5.69 Å². The minimum Gasteiger partial charge on any atom is -0.394 e. The van der Waals surface area contributed by atoms with Crippen LogP contribution in [0.4, 0.5) is 5.69 Å². The van der Waals surface area contributed by atoms with Gasteiger partial charge in [0.2, 0.25) is 0 Å². The van der Waals surface area contributed by atoms with Crippen molar-refractivity contribution >= 4 is 16.5 Å². The molecular weight excluding hydrogens is 252 g/mol. The van der Waals surface area contributed by atoms with Crippen LogP contribution in [0.2, 0.25) is 0 Å². The van der Waals surface area contributed by atoms with Gasteiger partial charge in [-0.05, 0) is 11.5 Å². The lowest BCUT2D eigenvalue weighted by molar-refractivity contribution is 0.268. The largest absolute Gasteiger partial charge is 0.394 e. The third-order valence-electron chi connectivity index (χ3n) is 3.16. The number of nitrogens with one attached hydrogen (secondary N) is 1. The van der Waals surface area contributed by atoms with Crippen molar-refractivity contribution in [3.63, 3.8) is 0 Å². The number of benzene rings is 2. The van der Waals surface area contributed by atoms with Crippen LogP contribution in [0, 0.1) is 0 Å². The Balaban J connectivity index is 1.76. The second-order valence-electron chi connectivity index (χ2n) is 4.58. The summed E-state index contributed by atoms with van der Waals surface area (Å²) in [4.78, 5) is 0. The molecule has 0 atom stereocenters. The summed E-state index contributed by atoms with van der Waals surface area (Å²) in [5, 5.41) is 22.7. The van der Waals surface area contributed by atoms with Crippen molar-refractivity contribution in [2.75, 3.05) is 11.9 Å². The van der Waals surface area contributed by atoms with Gasteiger partial charge in [-0.3, -0.25) is 0 Å². The van der Waals surface area contributed by atoms with Crippen molar-refractivity contribution < 1.29 is 5.11 Å². The highest BCUT2D eigenvalue weighted by atomic mass is 16.3. The normalized spacial score (nSPS) is 10.8. The molecular formula is C15H16N4O. The molecule has 0 bridgehead atoms.